The summed E-state index contributed by atoms with van der Waals surface area (Å²) in [5.41, 5.74) is 2.40. The lowest BCUT2D eigenvalue weighted by Gasteiger charge is -2.22. The van der Waals surface area contributed by atoms with Crippen molar-refractivity contribution in [1.29, 1.82) is 0 Å². The summed E-state index contributed by atoms with van der Waals surface area (Å²) < 4.78 is 0. The van der Waals surface area contributed by atoms with Gasteiger partial charge in [0.25, 0.3) is 0 Å². The summed E-state index contributed by atoms with van der Waals surface area (Å²) in [6.45, 7) is 0.908. The van der Waals surface area contributed by atoms with Crippen molar-refractivity contribution >= 4 is 22.2 Å². The maximum Gasteiger partial charge on any atom is 0.0959 e. The largest absolute Gasteiger partial charge is 0.395 e. The molecule has 1 saturated carbocycles. The fraction of sp³-hybridized carbons (Fsp3) is 0.421. The third-order valence-corrected chi connectivity index (χ3v) is 6.11. The molecule has 24 heavy (non-hydrogen) atoms. The highest BCUT2D eigenvalue weighted by atomic mass is 32.1. The van der Waals surface area contributed by atoms with E-state index >= 15 is 0 Å². The lowest BCUT2D eigenvalue weighted by atomic mass is 9.86. The van der Waals surface area contributed by atoms with Crippen molar-refractivity contribution in [3.63, 3.8) is 0 Å². The van der Waals surface area contributed by atoms with Crippen molar-refractivity contribution in [1.82, 2.24) is 15.3 Å². The number of aliphatic hydroxyl groups excluding tert-OH is 1. The molecule has 0 saturated heterocycles. The number of nitrogens with zero attached hydrogens (tertiary/aromatic N) is 1. The van der Waals surface area contributed by atoms with Gasteiger partial charge in [0.2, 0.25) is 0 Å². The van der Waals surface area contributed by atoms with Crippen LogP contribution in [0.3, 0.4) is 0 Å². The molecule has 0 amide bonds. The molecule has 1 atom stereocenters. The van der Waals surface area contributed by atoms with Crippen molar-refractivity contribution in [2.24, 2.45) is 0 Å². The van der Waals surface area contributed by atoms with Crippen LogP contribution in [0.25, 0.3) is 10.9 Å². The van der Waals surface area contributed by atoms with Crippen LogP contribution in [0, 0.1) is 0 Å². The molecule has 1 aromatic carbocycles. The van der Waals surface area contributed by atoms with E-state index in [1.807, 2.05) is 23.6 Å². The maximum atomic E-state index is 9.73. The average molecular weight is 341 g/mol. The first-order valence-corrected chi connectivity index (χ1v) is 9.49. The zero-order valence-electron chi connectivity index (χ0n) is 13.7. The van der Waals surface area contributed by atoms with Gasteiger partial charge in [-0.3, -0.25) is 0 Å². The lowest BCUT2D eigenvalue weighted by molar-refractivity contribution is 0.241. The van der Waals surface area contributed by atoms with E-state index in [1.54, 1.807) is 0 Å². The van der Waals surface area contributed by atoms with Crippen LogP contribution in [0.5, 0.6) is 0 Å². The molecular weight excluding hydrogens is 318 g/mol. The summed E-state index contributed by atoms with van der Waals surface area (Å²) in [6.07, 6.45) is 8.78. The number of para-hydroxylation sites is 1. The summed E-state index contributed by atoms with van der Waals surface area (Å²) in [4.78, 5) is 9.13. The molecule has 1 fully saturated rings. The van der Waals surface area contributed by atoms with E-state index in [1.165, 1.54) is 40.1 Å². The summed E-state index contributed by atoms with van der Waals surface area (Å²) in [7, 11) is 0. The normalized spacial score (nSPS) is 16.4. The summed E-state index contributed by atoms with van der Waals surface area (Å²) in [5.74, 6) is 0.698. The van der Waals surface area contributed by atoms with Gasteiger partial charge in [-0.1, -0.05) is 24.6 Å². The predicted octanol–water partition coefficient (Wildman–Crippen LogP) is 3.59. The summed E-state index contributed by atoms with van der Waals surface area (Å²) >= 11 is 1.82. The number of rotatable bonds is 7. The molecule has 126 valence electrons. The van der Waals surface area contributed by atoms with E-state index in [-0.39, 0.29) is 12.6 Å². The van der Waals surface area contributed by atoms with E-state index < -0.39 is 0 Å². The Hall–Kier alpha value is -1.69. The Labute approximate surface area is 145 Å². The number of aromatic amines is 1. The Morgan fingerprint density at radius 1 is 1.33 bits per heavy atom. The van der Waals surface area contributed by atoms with Crippen molar-refractivity contribution in [3.05, 3.63) is 52.1 Å². The SMILES string of the molecule is OC[C@@H](Cc1c[nH]c2ccccc12)NCc1cnc(C2CCC2)s1. The number of hydrogen-bond donors (Lipinski definition) is 3. The zero-order chi connectivity index (χ0) is 16.4. The van der Waals surface area contributed by atoms with Gasteiger partial charge in [0.1, 0.15) is 0 Å². The molecule has 0 bridgehead atoms. The molecule has 1 aliphatic carbocycles. The predicted molar refractivity (Wildman–Crippen MR) is 98.4 cm³/mol. The van der Waals surface area contributed by atoms with Crippen LogP contribution >= 0.6 is 11.3 Å². The number of aliphatic hydroxyl groups is 1. The van der Waals surface area contributed by atoms with Gasteiger partial charge in [-0.15, -0.1) is 11.3 Å². The number of aromatic nitrogens is 2. The number of thiazole rings is 1. The second-order valence-corrected chi connectivity index (χ2v) is 7.76. The van der Waals surface area contributed by atoms with Crippen molar-refractivity contribution in [2.45, 2.75) is 44.2 Å². The number of fused-ring (bicyclic) bond motifs is 1. The third-order valence-electron chi connectivity index (χ3n) is 4.95. The van der Waals surface area contributed by atoms with Crippen LogP contribution in [0.2, 0.25) is 0 Å². The van der Waals surface area contributed by atoms with Gasteiger partial charge in [0.05, 0.1) is 11.6 Å². The Kier molecular flexibility index (Phi) is 4.65. The van der Waals surface area contributed by atoms with Crippen LogP contribution in [0.15, 0.2) is 36.7 Å². The molecule has 3 N–H and O–H groups in total. The van der Waals surface area contributed by atoms with Gasteiger partial charge >= 0.3 is 0 Å². The smallest absolute Gasteiger partial charge is 0.0959 e. The van der Waals surface area contributed by atoms with Crippen LogP contribution in [0.1, 0.15) is 40.6 Å². The number of H-pyrrole nitrogens is 1. The highest BCUT2D eigenvalue weighted by Gasteiger charge is 2.22. The van der Waals surface area contributed by atoms with Gasteiger partial charge in [-0.05, 0) is 30.9 Å². The minimum absolute atomic E-state index is 0.0541. The number of nitrogens with one attached hydrogen (secondary N) is 2. The molecule has 3 aromatic rings. The molecule has 1 aliphatic rings. The van der Waals surface area contributed by atoms with Crippen LogP contribution in [-0.4, -0.2) is 27.7 Å². The second-order valence-electron chi connectivity index (χ2n) is 6.62. The van der Waals surface area contributed by atoms with E-state index in [9.17, 15) is 5.11 Å². The fourth-order valence-corrected chi connectivity index (χ4v) is 4.30. The second kappa shape index (κ2) is 7.05. The molecule has 0 radical (unpaired) electrons. The molecule has 2 heterocycles. The Morgan fingerprint density at radius 3 is 3.00 bits per heavy atom. The molecule has 0 spiro atoms. The van der Waals surface area contributed by atoms with Gasteiger partial charge < -0.3 is 15.4 Å². The third kappa shape index (κ3) is 3.24. The topological polar surface area (TPSA) is 60.9 Å². The molecular formula is C19H23N3OS. The first-order chi connectivity index (χ1) is 11.8. The van der Waals surface area contributed by atoms with Gasteiger partial charge in [0.15, 0.2) is 0 Å². The minimum Gasteiger partial charge on any atom is -0.395 e. The maximum absolute atomic E-state index is 9.73. The molecule has 2 aromatic heterocycles. The number of hydrogen-bond acceptors (Lipinski definition) is 4. The molecule has 4 nitrogen and oxygen atoms in total. The van der Waals surface area contributed by atoms with Crippen LogP contribution in [-0.2, 0) is 13.0 Å². The quantitative estimate of drug-likeness (QED) is 0.615. The average Bonchev–Trinajstić information content (AvgIpc) is 3.17. The Morgan fingerprint density at radius 2 is 2.21 bits per heavy atom. The summed E-state index contributed by atoms with van der Waals surface area (Å²) in [5, 5.41) is 15.7. The van der Waals surface area contributed by atoms with Gasteiger partial charge in [0, 0.05) is 46.7 Å². The van der Waals surface area contributed by atoms with Crippen molar-refractivity contribution in [2.75, 3.05) is 6.61 Å². The fourth-order valence-electron chi connectivity index (χ4n) is 3.26. The number of benzene rings is 1. The summed E-state index contributed by atoms with van der Waals surface area (Å²) in [6, 6.07) is 8.36. The van der Waals surface area contributed by atoms with Crippen molar-refractivity contribution in [3.8, 4) is 0 Å². The van der Waals surface area contributed by atoms with E-state index in [4.69, 9.17) is 0 Å². The van der Waals surface area contributed by atoms with Crippen LogP contribution < -0.4 is 5.32 Å². The van der Waals surface area contributed by atoms with Gasteiger partial charge in [-0.2, -0.15) is 0 Å². The minimum atomic E-state index is 0.0541. The lowest BCUT2D eigenvalue weighted by Crippen LogP contribution is -2.33. The Balaban J connectivity index is 1.38. The molecule has 4 rings (SSSR count). The zero-order valence-corrected chi connectivity index (χ0v) is 14.5. The highest BCUT2D eigenvalue weighted by molar-refractivity contribution is 7.11. The monoisotopic (exact) mass is 341 g/mol. The molecule has 5 heteroatoms. The highest BCUT2D eigenvalue weighted by Crippen LogP contribution is 2.38. The molecule has 0 unspecified atom stereocenters. The van der Waals surface area contributed by atoms with E-state index in [0.29, 0.717) is 5.92 Å². The van der Waals surface area contributed by atoms with Crippen LogP contribution in [0.4, 0.5) is 0 Å². The van der Waals surface area contributed by atoms with Gasteiger partial charge in [-0.25, -0.2) is 4.98 Å². The first-order valence-electron chi connectivity index (χ1n) is 8.67. The van der Waals surface area contributed by atoms with E-state index in [2.05, 4.69) is 39.7 Å². The van der Waals surface area contributed by atoms with Crippen molar-refractivity contribution < 1.29 is 5.11 Å². The standard InChI is InChI=1S/C19H23N3OS/c23-12-15(8-14-9-21-18-7-2-1-6-17(14)18)20-10-16-11-22-19(24-16)13-4-3-5-13/h1-2,6-7,9,11,13,15,20-21,23H,3-5,8,10,12H2/t15-/m1/s1. The molecule has 0 aliphatic heterocycles. The Bertz CT molecular complexity index is 806. The van der Waals surface area contributed by atoms with E-state index in [0.717, 1.165) is 18.5 Å². The first kappa shape index (κ1) is 15.8.